The molecule has 0 aliphatic carbocycles. The van der Waals surface area contributed by atoms with E-state index in [9.17, 15) is 9.59 Å². The summed E-state index contributed by atoms with van der Waals surface area (Å²) in [5, 5.41) is 29.0. The zero-order valence-corrected chi connectivity index (χ0v) is 18.8. The Morgan fingerprint density at radius 3 is 1.33 bits per heavy atom. The third-order valence-corrected chi connectivity index (χ3v) is 6.29. The predicted molar refractivity (Wildman–Crippen MR) is 106 cm³/mol. The second-order valence-corrected chi connectivity index (χ2v) is 9.23. The molecule has 2 amide bonds. The molecule has 12 heteroatoms. The van der Waals surface area contributed by atoms with Crippen LogP contribution in [0.25, 0.3) is 0 Å². The van der Waals surface area contributed by atoms with E-state index in [1.165, 1.54) is 0 Å². The van der Waals surface area contributed by atoms with Crippen LogP contribution < -0.4 is 10.6 Å². The summed E-state index contributed by atoms with van der Waals surface area (Å²) in [4.78, 5) is 23.8. The second-order valence-electron chi connectivity index (χ2n) is 9.23. The third-order valence-electron chi connectivity index (χ3n) is 6.29. The molecule has 4 rings (SSSR count). The number of fused-ring (bicyclic) bond motifs is 2. The van der Waals surface area contributed by atoms with Crippen LogP contribution in [0, 0.1) is 0 Å². The fourth-order valence-electron chi connectivity index (χ4n) is 3.42. The zero-order chi connectivity index (χ0) is 22.5. The summed E-state index contributed by atoms with van der Waals surface area (Å²) < 4.78 is 3.21. The van der Waals surface area contributed by atoms with Gasteiger partial charge in [-0.3, -0.25) is 9.59 Å². The van der Waals surface area contributed by atoms with Gasteiger partial charge in [-0.15, -0.1) is 10.2 Å². The number of hydrogen-bond acceptors (Lipinski definition) is 8. The third kappa shape index (κ3) is 3.05. The molecule has 0 spiro atoms. The molecular formula is C18H30N10O2. The lowest BCUT2D eigenvalue weighted by atomic mass is 9.90. The molecular weight excluding hydrogens is 388 g/mol. The molecule has 2 N–H and O–H groups in total. The smallest absolute Gasteiger partial charge is 0.248 e. The van der Waals surface area contributed by atoms with Crippen molar-refractivity contribution in [3.63, 3.8) is 0 Å². The molecule has 0 saturated heterocycles. The molecule has 0 saturated carbocycles. The monoisotopic (exact) mass is 418 g/mol. The fourth-order valence-corrected chi connectivity index (χ4v) is 3.42. The number of tetrazole rings is 2. The van der Waals surface area contributed by atoms with Gasteiger partial charge in [-0.05, 0) is 75.2 Å². The van der Waals surface area contributed by atoms with Crippen LogP contribution in [0.4, 0.5) is 0 Å². The van der Waals surface area contributed by atoms with Crippen LogP contribution in [-0.4, -0.2) is 52.2 Å². The number of carbonyl (C=O) groups is 2. The molecule has 4 heterocycles. The number of aromatic nitrogens is 8. The second kappa shape index (κ2) is 6.81. The zero-order valence-electron chi connectivity index (χ0n) is 18.8. The molecule has 2 aliphatic rings. The van der Waals surface area contributed by atoms with E-state index >= 15 is 0 Å². The lowest BCUT2D eigenvalue weighted by molar-refractivity contribution is -0.134. The minimum Gasteiger partial charge on any atom is -0.341 e. The molecule has 2 aliphatic heterocycles. The van der Waals surface area contributed by atoms with Crippen LogP contribution >= 0.6 is 0 Å². The Hall–Kier alpha value is -2.92. The molecule has 12 nitrogen and oxygen atoms in total. The fraction of sp³-hybridized carbons (Fsp3) is 0.778. The summed E-state index contributed by atoms with van der Waals surface area (Å²) in [5.41, 5.74) is -2.35. The number of nitrogens with zero attached hydrogens (tertiary/aromatic N) is 8. The van der Waals surface area contributed by atoms with Gasteiger partial charge in [-0.25, -0.2) is 9.36 Å². The molecule has 0 unspecified atom stereocenters. The number of rotatable bonds is 2. The van der Waals surface area contributed by atoms with Crippen molar-refractivity contribution in [3.8, 4) is 0 Å². The van der Waals surface area contributed by atoms with Gasteiger partial charge in [0.15, 0.2) is 11.6 Å². The molecule has 30 heavy (non-hydrogen) atoms. The summed E-state index contributed by atoms with van der Waals surface area (Å²) in [6, 6.07) is 0. The van der Waals surface area contributed by atoms with Gasteiger partial charge < -0.3 is 10.6 Å². The molecule has 2 atom stereocenters. The average Bonchev–Trinajstić information content (AvgIpc) is 3.37. The Bertz CT molecular complexity index is 899. The first-order chi connectivity index (χ1) is 13.8. The van der Waals surface area contributed by atoms with Crippen molar-refractivity contribution in [3.05, 3.63) is 11.6 Å². The number of carbonyl (C=O) groups excluding carboxylic acids is 2. The van der Waals surface area contributed by atoms with Gasteiger partial charge in [-0.2, -0.15) is 0 Å². The predicted octanol–water partition coefficient (Wildman–Crippen LogP) is 0.326. The lowest BCUT2D eigenvalue weighted by Gasteiger charge is -2.39. The van der Waals surface area contributed by atoms with E-state index in [0.717, 1.165) is 24.5 Å². The Kier molecular flexibility index (Phi) is 4.94. The minimum absolute atomic E-state index is 0.0494. The largest absolute Gasteiger partial charge is 0.341 e. The summed E-state index contributed by atoms with van der Waals surface area (Å²) in [5.74, 6) is 1.34. The summed E-state index contributed by atoms with van der Waals surface area (Å²) in [6.07, 6.45) is 1.52. The van der Waals surface area contributed by atoms with Crippen molar-refractivity contribution in [2.24, 2.45) is 0 Å². The maximum Gasteiger partial charge on any atom is 0.248 e. The normalized spacial score (nSPS) is 28.4. The van der Waals surface area contributed by atoms with E-state index in [1.807, 2.05) is 27.7 Å². The highest BCUT2D eigenvalue weighted by molar-refractivity contribution is 5.86. The quantitative estimate of drug-likeness (QED) is 0.709. The van der Waals surface area contributed by atoms with Crippen molar-refractivity contribution in [1.29, 1.82) is 0 Å². The van der Waals surface area contributed by atoms with Crippen LogP contribution in [0.2, 0.25) is 0 Å². The molecule has 0 bridgehead atoms. The first-order valence-corrected chi connectivity index (χ1v) is 10.1. The number of nitrogens with one attached hydrogen (secondary N) is 2. The standard InChI is InChI=1S/2C9H15N5O/c2*1-5-9(4)6-11-12-13-14(6)8(2,3)7(15)10-9/h2*5H2,1-4H3,(H,10,15)/t2*9-/m10/s1. The van der Waals surface area contributed by atoms with Gasteiger partial charge >= 0.3 is 0 Å². The van der Waals surface area contributed by atoms with Crippen molar-refractivity contribution in [2.45, 2.75) is 90.4 Å². The van der Waals surface area contributed by atoms with Gasteiger partial charge in [-0.1, -0.05) is 13.8 Å². The van der Waals surface area contributed by atoms with Crippen LogP contribution in [0.1, 0.15) is 79.9 Å². The van der Waals surface area contributed by atoms with Crippen molar-refractivity contribution in [2.75, 3.05) is 0 Å². The average molecular weight is 419 g/mol. The van der Waals surface area contributed by atoms with Gasteiger partial charge in [0.05, 0.1) is 11.1 Å². The molecule has 2 aromatic rings. The highest BCUT2D eigenvalue weighted by Gasteiger charge is 2.48. The van der Waals surface area contributed by atoms with E-state index in [2.05, 4.69) is 41.7 Å². The highest BCUT2D eigenvalue weighted by Crippen LogP contribution is 2.32. The summed E-state index contributed by atoms with van der Waals surface area (Å²) >= 11 is 0. The maximum atomic E-state index is 11.9. The highest BCUT2D eigenvalue weighted by atomic mass is 16.2. The molecule has 164 valence electrons. The van der Waals surface area contributed by atoms with Crippen molar-refractivity contribution in [1.82, 2.24) is 51.0 Å². The van der Waals surface area contributed by atoms with Crippen LogP contribution in [0.3, 0.4) is 0 Å². The van der Waals surface area contributed by atoms with E-state index in [4.69, 9.17) is 0 Å². The number of amides is 2. The Morgan fingerprint density at radius 2 is 1.03 bits per heavy atom. The van der Waals surface area contributed by atoms with Gasteiger partial charge in [0, 0.05) is 0 Å². The Morgan fingerprint density at radius 1 is 0.700 bits per heavy atom. The summed E-state index contributed by atoms with van der Waals surface area (Å²) in [6.45, 7) is 15.1. The lowest BCUT2D eigenvalue weighted by Crippen LogP contribution is -2.59. The SMILES string of the molecule is CC[C@@]1(C)NC(=O)C(C)(C)n2nnnc21.CC[C@]1(C)NC(=O)C(C)(C)n2nnnc21. The van der Waals surface area contributed by atoms with E-state index in [1.54, 1.807) is 37.1 Å². The van der Waals surface area contributed by atoms with E-state index < -0.39 is 22.2 Å². The van der Waals surface area contributed by atoms with Crippen LogP contribution in [-0.2, 0) is 31.7 Å². The minimum atomic E-state index is -0.715. The van der Waals surface area contributed by atoms with Crippen molar-refractivity contribution < 1.29 is 9.59 Å². The molecule has 0 fully saturated rings. The van der Waals surface area contributed by atoms with E-state index in [0.29, 0.717) is 0 Å². The van der Waals surface area contributed by atoms with E-state index in [-0.39, 0.29) is 11.8 Å². The summed E-state index contributed by atoms with van der Waals surface area (Å²) in [7, 11) is 0. The topological polar surface area (TPSA) is 145 Å². The number of hydrogen-bond donors (Lipinski definition) is 2. The first kappa shape index (κ1) is 21.8. The molecule has 0 aromatic carbocycles. The molecule has 0 radical (unpaired) electrons. The van der Waals surface area contributed by atoms with Crippen molar-refractivity contribution >= 4 is 11.8 Å². The van der Waals surface area contributed by atoms with Gasteiger partial charge in [0.2, 0.25) is 11.8 Å². The van der Waals surface area contributed by atoms with Gasteiger partial charge in [0.1, 0.15) is 11.1 Å². The molecule has 2 aromatic heterocycles. The van der Waals surface area contributed by atoms with Crippen LogP contribution in [0.15, 0.2) is 0 Å². The van der Waals surface area contributed by atoms with Crippen LogP contribution in [0.5, 0.6) is 0 Å². The Labute approximate surface area is 175 Å². The maximum absolute atomic E-state index is 11.9. The first-order valence-electron chi connectivity index (χ1n) is 10.1. The Balaban J connectivity index is 0.000000171. The van der Waals surface area contributed by atoms with Gasteiger partial charge in [0.25, 0.3) is 0 Å².